The van der Waals surface area contributed by atoms with E-state index in [1.807, 2.05) is 24.3 Å². The number of hydrogen-bond acceptors (Lipinski definition) is 3. The van der Waals surface area contributed by atoms with Crippen LogP contribution in [0.5, 0.6) is 0 Å². The Bertz CT molecular complexity index is 848. The molecule has 140 valence electrons. The first-order chi connectivity index (χ1) is 13.0. The van der Waals surface area contributed by atoms with Gasteiger partial charge in [0.15, 0.2) is 0 Å². The normalized spacial score (nSPS) is 23.5. The van der Waals surface area contributed by atoms with Crippen LogP contribution < -0.4 is 5.32 Å². The number of rotatable bonds is 4. The van der Waals surface area contributed by atoms with Crippen LogP contribution in [0, 0.1) is 5.41 Å². The Morgan fingerprint density at radius 3 is 2.26 bits per heavy atom. The van der Waals surface area contributed by atoms with Gasteiger partial charge in [-0.25, -0.2) is 4.79 Å². The van der Waals surface area contributed by atoms with Gasteiger partial charge in [0.05, 0.1) is 5.41 Å². The number of amides is 1. The molecule has 0 saturated heterocycles. The molecule has 0 aliphatic heterocycles. The minimum absolute atomic E-state index is 0.0241. The molecule has 1 amide bonds. The van der Waals surface area contributed by atoms with Crippen LogP contribution in [0.15, 0.2) is 48.5 Å². The number of carbonyl (C=O) groups excluding carboxylic acids is 1. The molecule has 5 nitrogen and oxygen atoms in total. The van der Waals surface area contributed by atoms with Crippen LogP contribution in [0.2, 0.25) is 0 Å². The summed E-state index contributed by atoms with van der Waals surface area (Å²) in [5.74, 6) is -0.782. The summed E-state index contributed by atoms with van der Waals surface area (Å²) in [6.07, 6.45) is 1.19. The predicted molar refractivity (Wildman–Crippen MR) is 102 cm³/mol. The molecule has 2 aromatic carbocycles. The molecule has 0 heterocycles. The Morgan fingerprint density at radius 2 is 1.70 bits per heavy atom. The molecular formula is C22H23NO4. The van der Waals surface area contributed by atoms with Gasteiger partial charge in [0, 0.05) is 12.0 Å². The SMILES string of the molecule is CC1(C(=O)O)CCC(NC(=O)OCC2c3ccccc3-c3ccccc32)C1. The first-order valence-corrected chi connectivity index (χ1v) is 9.33. The van der Waals surface area contributed by atoms with Gasteiger partial charge in [-0.1, -0.05) is 48.5 Å². The number of carbonyl (C=O) groups is 2. The molecule has 27 heavy (non-hydrogen) atoms. The van der Waals surface area contributed by atoms with Crippen molar-refractivity contribution in [3.63, 3.8) is 0 Å². The minimum atomic E-state index is -0.806. The van der Waals surface area contributed by atoms with Crippen molar-refractivity contribution in [2.24, 2.45) is 5.41 Å². The molecule has 0 bridgehead atoms. The standard InChI is InChI=1S/C22H23NO4/c1-22(20(24)25)11-10-14(12-22)23-21(26)27-13-19-17-8-4-2-6-15(17)16-7-3-5-9-18(16)19/h2-9,14,19H,10-13H2,1H3,(H,23,26)(H,24,25). The molecule has 2 N–H and O–H groups in total. The second-order valence-electron chi connectivity index (χ2n) is 7.78. The van der Waals surface area contributed by atoms with Gasteiger partial charge >= 0.3 is 12.1 Å². The summed E-state index contributed by atoms with van der Waals surface area (Å²) in [7, 11) is 0. The molecule has 2 aromatic rings. The average Bonchev–Trinajstić information content (AvgIpc) is 3.19. The third-order valence-electron chi connectivity index (χ3n) is 5.92. The Balaban J connectivity index is 1.41. The van der Waals surface area contributed by atoms with E-state index in [9.17, 15) is 14.7 Å². The van der Waals surface area contributed by atoms with Crippen LogP contribution in [-0.2, 0) is 9.53 Å². The average molecular weight is 365 g/mol. The number of benzene rings is 2. The molecule has 0 spiro atoms. The van der Waals surface area contributed by atoms with Crippen LogP contribution in [0.3, 0.4) is 0 Å². The molecule has 1 saturated carbocycles. The highest BCUT2D eigenvalue weighted by atomic mass is 16.5. The molecule has 0 radical (unpaired) electrons. The smallest absolute Gasteiger partial charge is 0.407 e. The van der Waals surface area contributed by atoms with Gasteiger partial charge in [-0.3, -0.25) is 4.79 Å². The fourth-order valence-electron chi connectivity index (χ4n) is 4.36. The summed E-state index contributed by atoms with van der Waals surface area (Å²) in [5, 5.41) is 12.1. The highest BCUT2D eigenvalue weighted by molar-refractivity contribution is 5.79. The summed E-state index contributed by atoms with van der Waals surface area (Å²) < 4.78 is 5.53. The number of carboxylic acids is 1. The van der Waals surface area contributed by atoms with Crippen molar-refractivity contribution in [2.45, 2.75) is 38.1 Å². The summed E-state index contributed by atoms with van der Waals surface area (Å²) >= 11 is 0. The molecule has 5 heteroatoms. The fourth-order valence-corrected chi connectivity index (χ4v) is 4.36. The van der Waals surface area contributed by atoms with E-state index >= 15 is 0 Å². The lowest BCUT2D eigenvalue weighted by atomic mass is 9.89. The number of ether oxygens (including phenoxy) is 1. The van der Waals surface area contributed by atoms with Crippen molar-refractivity contribution in [2.75, 3.05) is 6.61 Å². The van der Waals surface area contributed by atoms with Crippen molar-refractivity contribution in [1.29, 1.82) is 0 Å². The Kier molecular flexibility index (Phi) is 4.38. The topological polar surface area (TPSA) is 75.6 Å². The molecule has 2 aliphatic rings. The van der Waals surface area contributed by atoms with Crippen molar-refractivity contribution in [3.05, 3.63) is 59.7 Å². The van der Waals surface area contributed by atoms with E-state index in [1.165, 1.54) is 22.3 Å². The maximum Gasteiger partial charge on any atom is 0.407 e. The lowest BCUT2D eigenvalue weighted by Crippen LogP contribution is -2.36. The maximum absolute atomic E-state index is 12.3. The number of aliphatic carboxylic acids is 1. The summed E-state index contributed by atoms with van der Waals surface area (Å²) in [5.41, 5.74) is 3.96. The number of nitrogens with one attached hydrogen (secondary N) is 1. The molecule has 2 unspecified atom stereocenters. The monoisotopic (exact) mass is 365 g/mol. The van der Waals surface area contributed by atoms with Crippen molar-refractivity contribution in [3.8, 4) is 11.1 Å². The van der Waals surface area contributed by atoms with E-state index < -0.39 is 17.5 Å². The number of fused-ring (bicyclic) bond motifs is 3. The molecule has 0 aromatic heterocycles. The van der Waals surface area contributed by atoms with Gasteiger partial charge < -0.3 is 15.2 Å². The largest absolute Gasteiger partial charge is 0.481 e. The zero-order chi connectivity index (χ0) is 19.0. The van der Waals surface area contributed by atoms with Crippen LogP contribution in [-0.4, -0.2) is 29.8 Å². The predicted octanol–water partition coefficient (Wildman–Crippen LogP) is 4.17. The third kappa shape index (κ3) is 3.18. The molecule has 4 rings (SSSR count). The van der Waals surface area contributed by atoms with Crippen molar-refractivity contribution < 1.29 is 19.4 Å². The van der Waals surface area contributed by atoms with E-state index in [2.05, 4.69) is 29.6 Å². The zero-order valence-corrected chi connectivity index (χ0v) is 15.3. The summed E-state index contributed by atoms with van der Waals surface area (Å²) in [6.45, 7) is 2.00. The highest BCUT2D eigenvalue weighted by Gasteiger charge is 2.42. The van der Waals surface area contributed by atoms with Crippen LogP contribution in [0.1, 0.15) is 43.2 Å². The van der Waals surface area contributed by atoms with Crippen LogP contribution in [0.4, 0.5) is 4.79 Å². The minimum Gasteiger partial charge on any atom is -0.481 e. The van der Waals surface area contributed by atoms with E-state index in [0.29, 0.717) is 19.3 Å². The molecule has 1 fully saturated rings. The lowest BCUT2D eigenvalue weighted by molar-refractivity contribution is -0.147. The Hall–Kier alpha value is -2.82. The van der Waals surface area contributed by atoms with Crippen LogP contribution >= 0.6 is 0 Å². The maximum atomic E-state index is 12.3. The van der Waals surface area contributed by atoms with Crippen molar-refractivity contribution in [1.82, 2.24) is 5.32 Å². The van der Waals surface area contributed by atoms with Gasteiger partial charge in [0.1, 0.15) is 6.61 Å². The molecule has 2 atom stereocenters. The highest BCUT2D eigenvalue weighted by Crippen LogP contribution is 2.44. The lowest BCUT2D eigenvalue weighted by Gasteiger charge is -2.19. The van der Waals surface area contributed by atoms with Gasteiger partial charge in [-0.15, -0.1) is 0 Å². The number of carboxylic acid groups (broad SMARTS) is 1. The first-order valence-electron chi connectivity index (χ1n) is 9.33. The summed E-state index contributed by atoms with van der Waals surface area (Å²) in [6, 6.07) is 16.2. The zero-order valence-electron chi connectivity index (χ0n) is 15.3. The van der Waals surface area contributed by atoms with Gasteiger partial charge in [-0.2, -0.15) is 0 Å². The van der Waals surface area contributed by atoms with E-state index in [-0.39, 0.29) is 18.6 Å². The second kappa shape index (κ2) is 6.72. The number of hydrogen-bond donors (Lipinski definition) is 2. The fraction of sp³-hybridized carbons (Fsp3) is 0.364. The van der Waals surface area contributed by atoms with Gasteiger partial charge in [0.25, 0.3) is 0 Å². The van der Waals surface area contributed by atoms with E-state index in [1.54, 1.807) is 6.92 Å². The first kappa shape index (κ1) is 17.6. The van der Waals surface area contributed by atoms with E-state index in [0.717, 1.165) is 0 Å². The Morgan fingerprint density at radius 1 is 1.11 bits per heavy atom. The number of alkyl carbamates (subject to hydrolysis) is 1. The Labute approximate surface area is 158 Å². The summed E-state index contributed by atoms with van der Waals surface area (Å²) in [4.78, 5) is 23.6. The van der Waals surface area contributed by atoms with Gasteiger partial charge in [0.2, 0.25) is 0 Å². The molecule has 2 aliphatic carbocycles. The second-order valence-corrected chi connectivity index (χ2v) is 7.78. The quantitative estimate of drug-likeness (QED) is 0.853. The van der Waals surface area contributed by atoms with Crippen molar-refractivity contribution >= 4 is 12.1 Å². The molecular weight excluding hydrogens is 342 g/mol. The van der Waals surface area contributed by atoms with Gasteiger partial charge in [-0.05, 0) is 48.4 Å². The van der Waals surface area contributed by atoms with E-state index in [4.69, 9.17) is 4.74 Å². The third-order valence-corrected chi connectivity index (χ3v) is 5.92. The van der Waals surface area contributed by atoms with Crippen LogP contribution in [0.25, 0.3) is 11.1 Å².